The Balaban J connectivity index is 1.83. The molecule has 0 unspecified atom stereocenters. The van der Waals surface area contributed by atoms with Crippen molar-refractivity contribution < 1.29 is 18.0 Å². The molecule has 2 amide bonds. The average molecular weight is 667 g/mol. The molecule has 7 nitrogen and oxygen atoms in total. The van der Waals surface area contributed by atoms with Crippen LogP contribution < -0.4 is 9.62 Å². The predicted molar refractivity (Wildman–Crippen MR) is 181 cm³/mol. The second-order valence-electron chi connectivity index (χ2n) is 11.2. The minimum atomic E-state index is -4.23. The lowest BCUT2D eigenvalue weighted by atomic mass is 10.0. The van der Waals surface area contributed by atoms with E-state index in [1.807, 2.05) is 51.1 Å². The van der Waals surface area contributed by atoms with E-state index in [9.17, 15) is 18.0 Å². The topological polar surface area (TPSA) is 86.8 Å². The van der Waals surface area contributed by atoms with E-state index in [0.717, 1.165) is 21.0 Å². The van der Waals surface area contributed by atoms with Gasteiger partial charge in [0.25, 0.3) is 10.0 Å². The maximum atomic E-state index is 14.5. The summed E-state index contributed by atoms with van der Waals surface area (Å²) in [5.41, 5.74) is 3.25. The maximum Gasteiger partial charge on any atom is 0.264 e. The molecule has 0 bridgehead atoms. The molecule has 0 saturated heterocycles. The van der Waals surface area contributed by atoms with Gasteiger partial charge in [0, 0.05) is 29.1 Å². The van der Waals surface area contributed by atoms with Gasteiger partial charge in [0.05, 0.1) is 10.6 Å². The Morgan fingerprint density at radius 2 is 1.44 bits per heavy atom. The van der Waals surface area contributed by atoms with Gasteiger partial charge in [-0.15, -0.1) is 0 Å². The number of aryl methyl sites for hydroxylation is 1. The molecule has 0 aliphatic rings. The number of benzene rings is 4. The Morgan fingerprint density at radius 3 is 2.07 bits per heavy atom. The number of nitrogens with zero attached hydrogens (tertiary/aromatic N) is 2. The Bertz CT molecular complexity index is 1730. The second-order valence-corrected chi connectivity index (χ2v) is 13.9. The van der Waals surface area contributed by atoms with Crippen LogP contribution in [0.5, 0.6) is 0 Å². The quantitative estimate of drug-likeness (QED) is 0.177. The third kappa shape index (κ3) is 8.66. The number of nitrogens with one attached hydrogen (secondary N) is 1. The summed E-state index contributed by atoms with van der Waals surface area (Å²) in [6, 6.07) is 26.6. The minimum Gasteiger partial charge on any atom is -0.352 e. The fourth-order valence-corrected chi connectivity index (χ4v) is 6.71. The third-order valence-corrected chi connectivity index (χ3v) is 9.80. The van der Waals surface area contributed by atoms with E-state index in [1.165, 1.54) is 17.0 Å². The van der Waals surface area contributed by atoms with E-state index in [0.29, 0.717) is 15.6 Å². The van der Waals surface area contributed by atoms with Crippen molar-refractivity contribution in [3.63, 3.8) is 0 Å². The number of anilines is 1. The van der Waals surface area contributed by atoms with Gasteiger partial charge in [0.1, 0.15) is 12.6 Å². The molecule has 1 atom stereocenters. The monoisotopic (exact) mass is 665 g/mol. The maximum absolute atomic E-state index is 14.5. The summed E-state index contributed by atoms with van der Waals surface area (Å²) in [6.45, 7) is 6.75. The molecule has 1 N–H and O–H groups in total. The first-order valence-corrected chi connectivity index (χ1v) is 16.8. The van der Waals surface area contributed by atoms with Crippen molar-refractivity contribution in [2.45, 2.75) is 57.6 Å². The van der Waals surface area contributed by atoms with Gasteiger partial charge >= 0.3 is 0 Å². The molecule has 4 aromatic carbocycles. The van der Waals surface area contributed by atoms with Crippen LogP contribution in [0.1, 0.15) is 36.1 Å². The van der Waals surface area contributed by atoms with Gasteiger partial charge in [0.2, 0.25) is 11.8 Å². The predicted octanol–water partition coefficient (Wildman–Crippen LogP) is 6.97. The van der Waals surface area contributed by atoms with Crippen molar-refractivity contribution in [2.75, 3.05) is 10.8 Å². The Labute approximate surface area is 275 Å². The van der Waals surface area contributed by atoms with Crippen molar-refractivity contribution in [3.05, 3.63) is 129 Å². The van der Waals surface area contributed by atoms with Gasteiger partial charge in [-0.2, -0.15) is 0 Å². The molecule has 0 heterocycles. The van der Waals surface area contributed by atoms with Gasteiger partial charge in [-0.3, -0.25) is 13.9 Å². The molecule has 10 heteroatoms. The molecular weight excluding hydrogens is 629 g/mol. The van der Waals surface area contributed by atoms with Crippen LogP contribution in [0.4, 0.5) is 5.69 Å². The van der Waals surface area contributed by atoms with E-state index in [-0.39, 0.29) is 35.5 Å². The fraction of sp³-hybridized carbons (Fsp3) is 0.257. The first kappa shape index (κ1) is 34.0. The number of sulfonamides is 1. The van der Waals surface area contributed by atoms with E-state index < -0.39 is 28.5 Å². The second kappa shape index (κ2) is 15.0. The molecule has 4 aromatic rings. The van der Waals surface area contributed by atoms with Crippen LogP contribution in [0.25, 0.3) is 0 Å². The average Bonchev–Trinajstić information content (AvgIpc) is 3.00. The van der Waals surface area contributed by atoms with Crippen molar-refractivity contribution in [1.29, 1.82) is 0 Å². The third-order valence-electron chi connectivity index (χ3n) is 7.36. The summed E-state index contributed by atoms with van der Waals surface area (Å²) in [7, 11) is -4.23. The van der Waals surface area contributed by atoms with E-state index >= 15 is 0 Å². The number of hydrogen-bond donors (Lipinski definition) is 1. The summed E-state index contributed by atoms with van der Waals surface area (Å²) in [5, 5.41) is 3.84. The van der Waals surface area contributed by atoms with E-state index in [4.69, 9.17) is 23.2 Å². The van der Waals surface area contributed by atoms with Gasteiger partial charge in [-0.25, -0.2) is 8.42 Å². The van der Waals surface area contributed by atoms with Crippen LogP contribution in [0.3, 0.4) is 0 Å². The van der Waals surface area contributed by atoms with Crippen LogP contribution in [0.2, 0.25) is 10.0 Å². The first-order chi connectivity index (χ1) is 21.4. The molecule has 0 aliphatic heterocycles. The largest absolute Gasteiger partial charge is 0.352 e. The minimum absolute atomic E-state index is 0.0305. The number of carbonyl (C=O) groups excluding carboxylic acids is 2. The lowest BCUT2D eigenvalue weighted by molar-refractivity contribution is -0.140. The highest BCUT2D eigenvalue weighted by Gasteiger charge is 2.35. The molecule has 0 fully saturated rings. The van der Waals surface area contributed by atoms with Crippen molar-refractivity contribution in [3.8, 4) is 0 Å². The summed E-state index contributed by atoms with van der Waals surface area (Å²) in [4.78, 5) is 29.8. The lowest BCUT2D eigenvalue weighted by Crippen LogP contribution is -2.54. The molecule has 0 saturated carbocycles. The van der Waals surface area contributed by atoms with Gasteiger partial charge in [-0.05, 0) is 80.8 Å². The first-order valence-electron chi connectivity index (χ1n) is 14.6. The summed E-state index contributed by atoms with van der Waals surface area (Å²) < 4.78 is 29.5. The molecule has 0 aliphatic carbocycles. The number of hydrogen-bond acceptors (Lipinski definition) is 4. The van der Waals surface area contributed by atoms with Crippen molar-refractivity contribution in [1.82, 2.24) is 10.2 Å². The van der Waals surface area contributed by atoms with E-state index in [1.54, 1.807) is 61.5 Å². The molecule has 4 rings (SSSR count). The number of halogens is 2. The SMILES string of the molecule is Cc1ccc(S(=O)(=O)N(CC(=O)N(Cc2ccc(Cl)cc2)[C@@H](Cc2ccccc2)C(=O)NC(C)C)c2cccc(Cl)c2C)cc1. The molecule has 45 heavy (non-hydrogen) atoms. The van der Waals surface area contributed by atoms with Crippen LogP contribution in [0, 0.1) is 13.8 Å². The van der Waals surface area contributed by atoms with Crippen LogP contribution >= 0.6 is 23.2 Å². The molecule has 0 radical (unpaired) electrons. The highest BCUT2D eigenvalue weighted by atomic mass is 35.5. The van der Waals surface area contributed by atoms with Crippen LogP contribution in [-0.2, 0) is 32.6 Å². The number of carbonyl (C=O) groups is 2. The zero-order valence-electron chi connectivity index (χ0n) is 25.7. The Morgan fingerprint density at radius 1 is 0.800 bits per heavy atom. The van der Waals surface area contributed by atoms with Crippen LogP contribution in [-0.4, -0.2) is 43.8 Å². The number of rotatable bonds is 12. The summed E-state index contributed by atoms with van der Waals surface area (Å²) in [5.74, 6) is -0.900. The highest BCUT2D eigenvalue weighted by molar-refractivity contribution is 7.92. The molecule has 236 valence electrons. The zero-order valence-corrected chi connectivity index (χ0v) is 28.0. The van der Waals surface area contributed by atoms with Gasteiger partial charge in [-0.1, -0.05) is 89.4 Å². The lowest BCUT2D eigenvalue weighted by Gasteiger charge is -2.34. The Kier molecular flexibility index (Phi) is 11.3. The zero-order chi connectivity index (χ0) is 32.7. The van der Waals surface area contributed by atoms with Crippen LogP contribution in [0.15, 0.2) is 102 Å². The molecular formula is C35H37Cl2N3O4S. The smallest absolute Gasteiger partial charge is 0.264 e. The van der Waals surface area contributed by atoms with Gasteiger partial charge in [0.15, 0.2) is 0 Å². The summed E-state index contributed by atoms with van der Waals surface area (Å²) >= 11 is 12.6. The number of amides is 2. The Hall–Kier alpha value is -3.85. The van der Waals surface area contributed by atoms with E-state index in [2.05, 4.69) is 5.32 Å². The summed E-state index contributed by atoms with van der Waals surface area (Å²) in [6.07, 6.45) is 0.222. The van der Waals surface area contributed by atoms with Gasteiger partial charge < -0.3 is 10.2 Å². The fourth-order valence-electron chi connectivity index (χ4n) is 4.94. The molecule has 0 aromatic heterocycles. The standard InChI is InChI=1S/C35H37Cl2N3O4S/c1-24(2)38-35(42)33(21-27-9-6-5-7-10-27)39(22-28-15-17-29(36)18-16-28)34(41)23-40(32-12-8-11-31(37)26(32)4)45(43,44)30-19-13-25(3)14-20-30/h5-20,24,33H,21-23H2,1-4H3,(H,38,42)/t33-/m0/s1. The highest BCUT2D eigenvalue weighted by Crippen LogP contribution is 2.31. The van der Waals surface area contributed by atoms with Crippen molar-refractivity contribution in [2.24, 2.45) is 0 Å². The van der Waals surface area contributed by atoms with Crippen molar-refractivity contribution >= 4 is 50.7 Å². The normalized spacial score (nSPS) is 12.1. The molecule has 0 spiro atoms.